The molecule has 3 aromatic carbocycles. The van der Waals surface area contributed by atoms with Gasteiger partial charge in [0.15, 0.2) is 18.2 Å². The largest absolute Gasteiger partial charge is 0.493 e. The van der Waals surface area contributed by atoms with Gasteiger partial charge in [0.2, 0.25) is 5.75 Å². The molecule has 1 aliphatic heterocycles. The average Bonchev–Trinajstić information content (AvgIpc) is 3.19. The highest BCUT2D eigenvalue weighted by molar-refractivity contribution is 6.21. The number of esters is 1. The van der Waals surface area contributed by atoms with Crippen molar-refractivity contribution in [1.82, 2.24) is 9.88 Å². The maximum absolute atomic E-state index is 13.3. The summed E-state index contributed by atoms with van der Waals surface area (Å²) < 4.78 is 21.8. The Kier molecular flexibility index (Phi) is 6.19. The summed E-state index contributed by atoms with van der Waals surface area (Å²) in [4.78, 5) is 44.2. The van der Waals surface area contributed by atoms with Crippen LogP contribution in [0.3, 0.4) is 0 Å². The number of aromatic nitrogens is 1. The van der Waals surface area contributed by atoms with Crippen LogP contribution in [0.1, 0.15) is 31.1 Å². The third-order valence-corrected chi connectivity index (χ3v) is 6.10. The van der Waals surface area contributed by atoms with E-state index >= 15 is 0 Å². The van der Waals surface area contributed by atoms with Crippen LogP contribution in [0.15, 0.2) is 66.7 Å². The molecule has 0 spiro atoms. The number of amides is 2. The molecule has 1 aliphatic rings. The van der Waals surface area contributed by atoms with Crippen molar-refractivity contribution in [2.45, 2.75) is 0 Å². The van der Waals surface area contributed by atoms with Crippen LogP contribution in [0.4, 0.5) is 0 Å². The van der Waals surface area contributed by atoms with E-state index in [2.05, 4.69) is 0 Å². The molecular weight excluding hydrogens is 476 g/mol. The van der Waals surface area contributed by atoms with Gasteiger partial charge in [-0.05, 0) is 36.4 Å². The van der Waals surface area contributed by atoms with Gasteiger partial charge in [0.1, 0.15) is 0 Å². The Balaban J connectivity index is 1.50. The molecule has 0 saturated heterocycles. The summed E-state index contributed by atoms with van der Waals surface area (Å²) in [5.74, 6) is -0.431. The number of carbonyl (C=O) groups is 3. The van der Waals surface area contributed by atoms with Gasteiger partial charge in [0, 0.05) is 10.9 Å². The van der Waals surface area contributed by atoms with E-state index < -0.39 is 24.5 Å². The summed E-state index contributed by atoms with van der Waals surface area (Å²) in [6.45, 7) is -0.513. The number of carbonyl (C=O) groups excluding carboxylic acids is 3. The predicted octanol–water partition coefficient (Wildman–Crippen LogP) is 4.34. The van der Waals surface area contributed by atoms with Gasteiger partial charge >= 0.3 is 5.97 Å². The molecule has 0 aliphatic carbocycles. The van der Waals surface area contributed by atoms with Crippen molar-refractivity contribution >= 4 is 28.7 Å². The van der Waals surface area contributed by atoms with E-state index in [4.69, 9.17) is 23.9 Å². The van der Waals surface area contributed by atoms with Crippen LogP contribution in [0.2, 0.25) is 0 Å². The van der Waals surface area contributed by atoms with Crippen LogP contribution in [0.25, 0.3) is 22.2 Å². The molecule has 186 valence electrons. The molecule has 0 unspecified atom stereocenters. The van der Waals surface area contributed by atoms with Crippen LogP contribution >= 0.6 is 0 Å². The molecule has 1 aromatic heterocycles. The van der Waals surface area contributed by atoms with E-state index in [1.54, 1.807) is 60.7 Å². The predicted molar refractivity (Wildman–Crippen MR) is 134 cm³/mol. The Hall–Kier alpha value is -4.92. The van der Waals surface area contributed by atoms with Gasteiger partial charge < -0.3 is 18.9 Å². The Morgan fingerprint density at radius 1 is 0.811 bits per heavy atom. The van der Waals surface area contributed by atoms with Crippen LogP contribution < -0.4 is 14.2 Å². The normalized spacial score (nSPS) is 12.5. The molecule has 5 rings (SSSR count). The van der Waals surface area contributed by atoms with Crippen molar-refractivity contribution in [3.8, 4) is 28.5 Å². The minimum atomic E-state index is -0.705. The third-order valence-electron chi connectivity index (χ3n) is 6.10. The summed E-state index contributed by atoms with van der Waals surface area (Å²) >= 11 is 0. The monoisotopic (exact) mass is 498 g/mol. The summed E-state index contributed by atoms with van der Waals surface area (Å²) in [5.41, 5.74) is 2.43. The van der Waals surface area contributed by atoms with Crippen molar-refractivity contribution < 1.29 is 33.3 Å². The standard InChI is InChI=1S/C28H22N2O7/c1-34-23-12-16(13-24(35-2)25(23)36-3)22-14-20(17-8-6-7-11-21(17)29-22)28(33)37-15-30-26(31)18-9-4-5-10-19(18)27(30)32/h4-14H,15H2,1-3H3. The van der Waals surface area contributed by atoms with Crippen molar-refractivity contribution in [2.75, 3.05) is 28.1 Å². The second-order valence-electron chi connectivity index (χ2n) is 8.13. The lowest BCUT2D eigenvalue weighted by molar-refractivity contribution is 0.0229. The Bertz CT molecular complexity index is 1500. The maximum atomic E-state index is 13.3. The SMILES string of the molecule is COc1cc(-c2cc(C(=O)OCN3C(=O)c4ccccc4C3=O)c3ccccc3n2)cc(OC)c1OC. The highest BCUT2D eigenvalue weighted by Gasteiger charge is 2.36. The lowest BCUT2D eigenvalue weighted by Crippen LogP contribution is -2.33. The number of methoxy groups -OCH3 is 3. The molecule has 9 nitrogen and oxygen atoms in total. The number of ether oxygens (including phenoxy) is 4. The second kappa shape index (κ2) is 9.62. The highest BCUT2D eigenvalue weighted by atomic mass is 16.5. The molecule has 4 aromatic rings. The van der Waals surface area contributed by atoms with Crippen LogP contribution in [0, 0.1) is 0 Å². The van der Waals surface area contributed by atoms with Crippen LogP contribution in [0.5, 0.6) is 17.2 Å². The lowest BCUT2D eigenvalue weighted by Gasteiger charge is -2.16. The maximum Gasteiger partial charge on any atom is 0.340 e. The van der Waals surface area contributed by atoms with E-state index in [-0.39, 0.29) is 16.7 Å². The molecule has 0 N–H and O–H groups in total. The molecule has 2 heterocycles. The Morgan fingerprint density at radius 2 is 1.41 bits per heavy atom. The van der Waals surface area contributed by atoms with Crippen molar-refractivity contribution in [2.24, 2.45) is 0 Å². The molecule has 9 heteroatoms. The second-order valence-corrected chi connectivity index (χ2v) is 8.13. The highest BCUT2D eigenvalue weighted by Crippen LogP contribution is 2.41. The van der Waals surface area contributed by atoms with Gasteiger partial charge in [-0.15, -0.1) is 0 Å². The van der Waals surface area contributed by atoms with E-state index in [0.29, 0.717) is 39.4 Å². The number of hydrogen-bond acceptors (Lipinski definition) is 8. The molecule has 0 fully saturated rings. The molecular formula is C28H22N2O7. The number of imide groups is 1. The minimum absolute atomic E-state index is 0.228. The summed E-state index contributed by atoms with van der Waals surface area (Å²) in [7, 11) is 4.53. The van der Waals surface area contributed by atoms with Crippen molar-refractivity contribution in [3.63, 3.8) is 0 Å². The summed E-state index contributed by atoms with van der Waals surface area (Å²) in [6, 6.07) is 18.6. The van der Waals surface area contributed by atoms with Crippen LogP contribution in [-0.2, 0) is 4.74 Å². The summed E-state index contributed by atoms with van der Waals surface area (Å²) in [6.07, 6.45) is 0. The molecule has 0 radical (unpaired) electrons. The van der Waals surface area contributed by atoms with Crippen molar-refractivity contribution in [1.29, 1.82) is 0 Å². The van der Waals surface area contributed by atoms with Gasteiger partial charge in [-0.3, -0.25) is 9.59 Å². The number of para-hydroxylation sites is 1. The Labute approximate surface area is 212 Å². The third kappa shape index (κ3) is 4.10. The van der Waals surface area contributed by atoms with Gasteiger partial charge in [0.25, 0.3) is 11.8 Å². The number of hydrogen-bond donors (Lipinski definition) is 0. The smallest absolute Gasteiger partial charge is 0.340 e. The van der Waals surface area contributed by atoms with Crippen molar-refractivity contribution in [3.05, 3.63) is 83.4 Å². The zero-order chi connectivity index (χ0) is 26.1. The quantitative estimate of drug-likeness (QED) is 0.274. The Morgan fingerprint density at radius 3 is 2.00 bits per heavy atom. The number of nitrogens with zero attached hydrogens (tertiary/aromatic N) is 2. The van der Waals surface area contributed by atoms with E-state index in [1.165, 1.54) is 21.3 Å². The average molecular weight is 498 g/mol. The number of benzene rings is 3. The zero-order valence-electron chi connectivity index (χ0n) is 20.3. The molecule has 0 saturated carbocycles. The zero-order valence-corrected chi connectivity index (χ0v) is 20.3. The fourth-order valence-corrected chi connectivity index (χ4v) is 4.28. The van der Waals surface area contributed by atoms with Gasteiger partial charge in [-0.2, -0.15) is 0 Å². The molecule has 37 heavy (non-hydrogen) atoms. The van der Waals surface area contributed by atoms with E-state index in [9.17, 15) is 14.4 Å². The number of fused-ring (bicyclic) bond motifs is 2. The number of rotatable bonds is 7. The molecule has 2 amide bonds. The minimum Gasteiger partial charge on any atom is -0.493 e. The van der Waals surface area contributed by atoms with Gasteiger partial charge in [-0.1, -0.05) is 30.3 Å². The van der Waals surface area contributed by atoms with Crippen LogP contribution in [-0.4, -0.2) is 55.7 Å². The first kappa shape index (κ1) is 23.8. The van der Waals surface area contributed by atoms with E-state index in [0.717, 1.165) is 4.90 Å². The molecule has 0 bridgehead atoms. The topological polar surface area (TPSA) is 104 Å². The first-order valence-corrected chi connectivity index (χ1v) is 11.3. The number of pyridine rings is 1. The van der Waals surface area contributed by atoms with Gasteiger partial charge in [0.05, 0.1) is 49.2 Å². The fourth-order valence-electron chi connectivity index (χ4n) is 4.28. The summed E-state index contributed by atoms with van der Waals surface area (Å²) in [5, 5.41) is 0.561. The molecule has 0 atom stereocenters. The first-order valence-electron chi connectivity index (χ1n) is 11.3. The first-order chi connectivity index (χ1) is 18.0. The fraction of sp³-hybridized carbons (Fsp3) is 0.143. The van der Waals surface area contributed by atoms with Gasteiger partial charge in [-0.25, -0.2) is 14.7 Å². The lowest BCUT2D eigenvalue weighted by atomic mass is 10.0. The van der Waals surface area contributed by atoms with E-state index in [1.807, 2.05) is 6.07 Å².